The lowest BCUT2D eigenvalue weighted by molar-refractivity contribution is -0.105. The molecule has 0 radical (unpaired) electrons. The molecule has 2 aliphatic rings. The fourth-order valence-corrected chi connectivity index (χ4v) is 4.69. The SMILES string of the molecule is C[C@@H]([C@@H]1c2ccccc2-c2cncn21)[C@H](O)C1(C)CN(C(=O)OC(C)(C)C)C1. The van der Waals surface area contributed by atoms with Gasteiger partial charge in [-0.2, -0.15) is 0 Å². The number of imidazole rings is 1. The van der Waals surface area contributed by atoms with Crippen LogP contribution in [0.25, 0.3) is 11.3 Å². The predicted octanol–water partition coefficient (Wildman–Crippen LogP) is 3.71. The molecule has 28 heavy (non-hydrogen) atoms. The smallest absolute Gasteiger partial charge is 0.410 e. The summed E-state index contributed by atoms with van der Waals surface area (Å²) < 4.78 is 7.61. The molecule has 1 fully saturated rings. The van der Waals surface area contributed by atoms with Crippen molar-refractivity contribution in [3.63, 3.8) is 0 Å². The Morgan fingerprint density at radius 3 is 2.68 bits per heavy atom. The number of hydrogen-bond acceptors (Lipinski definition) is 4. The first-order valence-corrected chi connectivity index (χ1v) is 9.88. The summed E-state index contributed by atoms with van der Waals surface area (Å²) in [5.41, 5.74) is 2.62. The third-order valence-corrected chi connectivity index (χ3v) is 5.99. The minimum absolute atomic E-state index is 0.0256. The molecular formula is C22H29N3O3. The van der Waals surface area contributed by atoms with Crippen LogP contribution in [0.5, 0.6) is 0 Å². The molecular weight excluding hydrogens is 354 g/mol. The van der Waals surface area contributed by atoms with E-state index in [4.69, 9.17) is 4.74 Å². The topological polar surface area (TPSA) is 67.6 Å². The third kappa shape index (κ3) is 3.00. The summed E-state index contributed by atoms with van der Waals surface area (Å²) in [6.45, 7) is 10.7. The van der Waals surface area contributed by atoms with Crippen molar-refractivity contribution in [2.45, 2.75) is 52.4 Å². The van der Waals surface area contributed by atoms with E-state index in [-0.39, 0.29) is 23.5 Å². The number of likely N-dealkylation sites (tertiary alicyclic amines) is 1. The lowest BCUT2D eigenvalue weighted by Gasteiger charge is -2.52. The van der Waals surface area contributed by atoms with Crippen molar-refractivity contribution >= 4 is 6.09 Å². The van der Waals surface area contributed by atoms with Crippen LogP contribution in [-0.2, 0) is 4.74 Å². The fourth-order valence-electron chi connectivity index (χ4n) is 4.69. The van der Waals surface area contributed by atoms with Gasteiger partial charge in [-0.25, -0.2) is 9.78 Å². The number of aliphatic hydroxyl groups excluding tert-OH is 1. The highest BCUT2D eigenvalue weighted by Crippen LogP contribution is 2.47. The van der Waals surface area contributed by atoms with Crippen LogP contribution in [0.4, 0.5) is 4.79 Å². The van der Waals surface area contributed by atoms with E-state index in [0.717, 1.165) is 5.69 Å². The van der Waals surface area contributed by atoms with Gasteiger partial charge in [0.15, 0.2) is 0 Å². The molecule has 4 rings (SSSR count). The molecule has 150 valence electrons. The van der Waals surface area contributed by atoms with E-state index in [2.05, 4.69) is 28.6 Å². The monoisotopic (exact) mass is 383 g/mol. The molecule has 1 aromatic heterocycles. The van der Waals surface area contributed by atoms with Gasteiger partial charge in [0.25, 0.3) is 0 Å². The number of aromatic nitrogens is 2. The maximum atomic E-state index is 12.3. The first kappa shape index (κ1) is 19.0. The van der Waals surface area contributed by atoms with E-state index < -0.39 is 11.7 Å². The number of ether oxygens (including phenoxy) is 1. The van der Waals surface area contributed by atoms with Crippen LogP contribution in [0.3, 0.4) is 0 Å². The van der Waals surface area contributed by atoms with Crippen molar-refractivity contribution in [1.82, 2.24) is 14.5 Å². The zero-order valence-corrected chi connectivity index (χ0v) is 17.2. The van der Waals surface area contributed by atoms with Gasteiger partial charge < -0.3 is 19.3 Å². The van der Waals surface area contributed by atoms with E-state index in [1.807, 2.05) is 52.4 Å². The average Bonchev–Trinajstić information content (AvgIpc) is 3.16. The van der Waals surface area contributed by atoms with Crippen molar-refractivity contribution in [3.8, 4) is 11.3 Å². The van der Waals surface area contributed by atoms with E-state index in [1.165, 1.54) is 11.1 Å². The van der Waals surface area contributed by atoms with Crippen LogP contribution in [0.2, 0.25) is 0 Å². The molecule has 6 heteroatoms. The number of fused-ring (bicyclic) bond motifs is 3. The number of carbonyl (C=O) groups excluding carboxylic acids is 1. The van der Waals surface area contributed by atoms with E-state index in [1.54, 1.807) is 4.90 Å². The fraction of sp³-hybridized carbons (Fsp3) is 0.545. The number of nitrogens with zero attached hydrogens (tertiary/aromatic N) is 3. The molecule has 0 spiro atoms. The molecule has 1 amide bonds. The number of carbonyl (C=O) groups is 1. The molecule has 0 unspecified atom stereocenters. The van der Waals surface area contributed by atoms with Crippen LogP contribution in [0, 0.1) is 11.3 Å². The molecule has 1 aromatic carbocycles. The van der Waals surface area contributed by atoms with E-state index in [0.29, 0.717) is 13.1 Å². The van der Waals surface area contributed by atoms with Crippen molar-refractivity contribution in [2.24, 2.45) is 11.3 Å². The zero-order chi connectivity index (χ0) is 20.3. The zero-order valence-electron chi connectivity index (χ0n) is 17.2. The van der Waals surface area contributed by atoms with Gasteiger partial charge in [-0.05, 0) is 26.3 Å². The van der Waals surface area contributed by atoms with Gasteiger partial charge in [0.2, 0.25) is 0 Å². The first-order valence-electron chi connectivity index (χ1n) is 9.88. The van der Waals surface area contributed by atoms with Gasteiger partial charge in [0, 0.05) is 30.0 Å². The predicted molar refractivity (Wildman–Crippen MR) is 107 cm³/mol. The molecule has 1 saturated heterocycles. The summed E-state index contributed by atoms with van der Waals surface area (Å²) in [5.74, 6) is -0.0256. The highest BCUT2D eigenvalue weighted by molar-refractivity contribution is 5.70. The number of aliphatic hydroxyl groups is 1. The Labute approximate surface area is 166 Å². The molecule has 2 aromatic rings. The quantitative estimate of drug-likeness (QED) is 0.877. The average molecular weight is 383 g/mol. The van der Waals surface area contributed by atoms with Gasteiger partial charge >= 0.3 is 6.09 Å². The van der Waals surface area contributed by atoms with Crippen molar-refractivity contribution in [3.05, 3.63) is 42.4 Å². The Morgan fingerprint density at radius 2 is 2.00 bits per heavy atom. The summed E-state index contributed by atoms with van der Waals surface area (Å²) >= 11 is 0. The van der Waals surface area contributed by atoms with Crippen LogP contribution in [0.1, 0.15) is 46.2 Å². The molecule has 3 atom stereocenters. The second-order valence-electron chi connectivity index (χ2n) is 9.51. The van der Waals surface area contributed by atoms with Crippen LogP contribution in [-0.4, -0.2) is 50.4 Å². The largest absolute Gasteiger partial charge is 0.444 e. The second kappa shape index (κ2) is 6.34. The summed E-state index contributed by atoms with van der Waals surface area (Å²) in [6.07, 6.45) is 2.86. The number of rotatable bonds is 3. The molecule has 0 bridgehead atoms. The highest BCUT2D eigenvalue weighted by atomic mass is 16.6. The molecule has 0 aliphatic carbocycles. The number of benzene rings is 1. The Hall–Kier alpha value is -2.34. The maximum absolute atomic E-state index is 12.3. The summed E-state index contributed by atoms with van der Waals surface area (Å²) in [4.78, 5) is 18.3. The molecule has 1 N–H and O–H groups in total. The van der Waals surface area contributed by atoms with Crippen molar-refractivity contribution in [2.75, 3.05) is 13.1 Å². The minimum Gasteiger partial charge on any atom is -0.444 e. The molecule has 6 nitrogen and oxygen atoms in total. The van der Waals surface area contributed by atoms with Crippen molar-refractivity contribution < 1.29 is 14.6 Å². The Kier molecular flexibility index (Phi) is 4.30. The Bertz CT molecular complexity index is 892. The molecule has 2 aliphatic heterocycles. The van der Waals surface area contributed by atoms with Crippen molar-refractivity contribution in [1.29, 1.82) is 0 Å². The summed E-state index contributed by atoms with van der Waals surface area (Å²) in [6, 6.07) is 8.35. The maximum Gasteiger partial charge on any atom is 0.410 e. The summed E-state index contributed by atoms with van der Waals surface area (Å²) in [7, 11) is 0. The van der Waals surface area contributed by atoms with Crippen LogP contribution >= 0.6 is 0 Å². The first-order chi connectivity index (χ1) is 13.1. The lowest BCUT2D eigenvalue weighted by Crippen LogP contribution is -2.64. The van der Waals surface area contributed by atoms with Gasteiger partial charge in [0.1, 0.15) is 5.60 Å². The molecule has 0 saturated carbocycles. The standard InChI is InChI=1S/C22H29N3O3/c1-14(18-16-9-7-6-8-15(16)17-10-23-13-25(17)18)19(26)22(5)11-24(12-22)20(27)28-21(2,3)4/h6-10,13-14,18-19,26H,11-12H2,1-5H3/t14-,18+,19-/m0/s1. The van der Waals surface area contributed by atoms with Gasteiger partial charge in [-0.1, -0.05) is 38.1 Å². The normalized spacial score (nSPS) is 22.1. The van der Waals surface area contributed by atoms with Gasteiger partial charge in [0.05, 0.1) is 30.4 Å². The van der Waals surface area contributed by atoms with Gasteiger partial charge in [-0.3, -0.25) is 0 Å². The minimum atomic E-state index is -0.558. The summed E-state index contributed by atoms with van der Waals surface area (Å²) in [5, 5.41) is 11.3. The third-order valence-electron chi connectivity index (χ3n) is 5.99. The second-order valence-corrected chi connectivity index (χ2v) is 9.51. The Balaban J connectivity index is 1.51. The van der Waals surface area contributed by atoms with Gasteiger partial charge in [-0.15, -0.1) is 0 Å². The number of amides is 1. The molecule has 3 heterocycles. The lowest BCUT2D eigenvalue weighted by atomic mass is 9.70. The van der Waals surface area contributed by atoms with E-state index >= 15 is 0 Å². The van der Waals surface area contributed by atoms with E-state index in [9.17, 15) is 9.90 Å². The van der Waals surface area contributed by atoms with Crippen LogP contribution < -0.4 is 0 Å². The number of hydrogen-bond donors (Lipinski definition) is 1. The van der Waals surface area contributed by atoms with Crippen LogP contribution in [0.15, 0.2) is 36.8 Å². The Morgan fingerprint density at radius 1 is 1.32 bits per heavy atom. The highest BCUT2D eigenvalue weighted by Gasteiger charge is 2.51.